The fourth-order valence-electron chi connectivity index (χ4n) is 1.26. The van der Waals surface area contributed by atoms with Gasteiger partial charge in [-0.3, -0.25) is 4.79 Å². The molecule has 0 aliphatic carbocycles. The Morgan fingerprint density at radius 3 is 3.06 bits per heavy atom. The number of hydrogen-bond acceptors (Lipinski definition) is 4. The summed E-state index contributed by atoms with van der Waals surface area (Å²) in [5.41, 5.74) is 0. The van der Waals surface area contributed by atoms with Crippen LogP contribution in [0.25, 0.3) is 0 Å². The molecule has 0 aliphatic heterocycles. The van der Waals surface area contributed by atoms with Gasteiger partial charge in [0, 0.05) is 31.6 Å². The summed E-state index contributed by atoms with van der Waals surface area (Å²) in [5.74, 6) is 0.272. The normalized spacial score (nSPS) is 10.2. The van der Waals surface area contributed by atoms with Crippen LogP contribution in [0.4, 0.5) is 5.82 Å². The number of nitrogens with one attached hydrogen (secondary N) is 1. The first-order chi connectivity index (χ1) is 8.24. The topological polar surface area (TPSA) is 72.7 Å². The molecule has 2 rings (SSSR count). The van der Waals surface area contributed by atoms with Crippen LogP contribution in [-0.4, -0.2) is 25.4 Å². The molecule has 2 aromatic rings. The van der Waals surface area contributed by atoms with Gasteiger partial charge >= 0.3 is 0 Å². The first-order valence-corrected chi connectivity index (χ1v) is 5.36. The standard InChI is InChI=1S/C10H10ClN5O/c11-10-13-3-1-8(15-10)14-9(17)2-5-16-6-4-12-7-16/h1,3-4,6-7H,2,5H2,(H,13,14,15,17). The van der Waals surface area contributed by atoms with Gasteiger partial charge in [0.2, 0.25) is 11.2 Å². The molecule has 1 amide bonds. The van der Waals surface area contributed by atoms with Gasteiger partial charge in [0.25, 0.3) is 0 Å². The van der Waals surface area contributed by atoms with Crippen molar-refractivity contribution in [2.45, 2.75) is 13.0 Å². The summed E-state index contributed by atoms with van der Waals surface area (Å²) < 4.78 is 1.83. The zero-order chi connectivity index (χ0) is 12.1. The molecular weight excluding hydrogens is 242 g/mol. The second kappa shape index (κ2) is 5.40. The van der Waals surface area contributed by atoms with Crippen molar-refractivity contribution in [3.63, 3.8) is 0 Å². The van der Waals surface area contributed by atoms with Crippen molar-refractivity contribution >= 4 is 23.3 Å². The Hall–Kier alpha value is -1.95. The first kappa shape index (κ1) is 11.5. The Balaban J connectivity index is 1.85. The second-order valence-corrected chi connectivity index (χ2v) is 3.65. The summed E-state index contributed by atoms with van der Waals surface area (Å²) in [5, 5.41) is 2.75. The number of carbonyl (C=O) groups excluding carboxylic acids is 1. The van der Waals surface area contributed by atoms with Gasteiger partial charge in [-0.1, -0.05) is 0 Å². The fourth-order valence-corrected chi connectivity index (χ4v) is 1.41. The van der Waals surface area contributed by atoms with Gasteiger partial charge in [-0.15, -0.1) is 0 Å². The maximum atomic E-state index is 11.6. The van der Waals surface area contributed by atoms with Crippen LogP contribution in [0.5, 0.6) is 0 Å². The van der Waals surface area contributed by atoms with Crippen molar-refractivity contribution in [2.24, 2.45) is 0 Å². The van der Waals surface area contributed by atoms with Crippen molar-refractivity contribution in [1.82, 2.24) is 19.5 Å². The van der Waals surface area contributed by atoms with Gasteiger partial charge in [0.05, 0.1) is 6.33 Å². The molecule has 0 radical (unpaired) electrons. The summed E-state index contributed by atoms with van der Waals surface area (Å²) in [4.78, 5) is 23.0. The Morgan fingerprint density at radius 1 is 1.47 bits per heavy atom. The van der Waals surface area contributed by atoms with Gasteiger partial charge in [0.1, 0.15) is 5.82 Å². The number of anilines is 1. The van der Waals surface area contributed by atoms with Crippen molar-refractivity contribution < 1.29 is 4.79 Å². The highest BCUT2D eigenvalue weighted by Gasteiger charge is 2.04. The number of rotatable bonds is 4. The van der Waals surface area contributed by atoms with E-state index in [0.29, 0.717) is 18.8 Å². The second-order valence-electron chi connectivity index (χ2n) is 3.31. The van der Waals surface area contributed by atoms with Crippen LogP contribution in [0.1, 0.15) is 6.42 Å². The minimum absolute atomic E-state index is 0.109. The maximum Gasteiger partial charge on any atom is 0.227 e. The number of nitrogens with zero attached hydrogens (tertiary/aromatic N) is 4. The molecule has 0 aliphatic rings. The zero-order valence-electron chi connectivity index (χ0n) is 8.88. The van der Waals surface area contributed by atoms with E-state index in [1.807, 2.05) is 4.57 Å². The Labute approximate surface area is 103 Å². The number of imidazole rings is 1. The molecule has 0 aromatic carbocycles. The van der Waals surface area contributed by atoms with Crippen molar-refractivity contribution in [3.05, 3.63) is 36.3 Å². The van der Waals surface area contributed by atoms with E-state index in [4.69, 9.17) is 11.6 Å². The molecule has 0 unspecified atom stereocenters. The van der Waals surface area contributed by atoms with Crippen LogP contribution < -0.4 is 5.32 Å². The molecule has 0 fully saturated rings. The summed E-state index contributed by atoms with van der Waals surface area (Å²) in [6.45, 7) is 0.574. The Bertz CT molecular complexity index is 499. The molecule has 0 spiro atoms. The van der Waals surface area contributed by atoms with Gasteiger partial charge in [-0.05, 0) is 17.7 Å². The molecule has 1 N–H and O–H groups in total. The lowest BCUT2D eigenvalue weighted by Gasteiger charge is -2.04. The molecule has 7 heteroatoms. The lowest BCUT2D eigenvalue weighted by Crippen LogP contribution is -2.15. The Morgan fingerprint density at radius 2 is 2.35 bits per heavy atom. The van der Waals surface area contributed by atoms with Crippen molar-refractivity contribution in [2.75, 3.05) is 5.32 Å². The van der Waals surface area contributed by atoms with Gasteiger partial charge < -0.3 is 9.88 Å². The Kier molecular flexibility index (Phi) is 3.66. The quantitative estimate of drug-likeness (QED) is 0.833. The lowest BCUT2D eigenvalue weighted by molar-refractivity contribution is -0.116. The molecule has 0 atom stereocenters. The molecule has 2 heterocycles. The first-order valence-electron chi connectivity index (χ1n) is 4.98. The molecule has 2 aromatic heterocycles. The highest BCUT2D eigenvalue weighted by molar-refractivity contribution is 6.28. The molecule has 0 saturated carbocycles. The number of aromatic nitrogens is 4. The van der Waals surface area contributed by atoms with Crippen LogP contribution in [0.2, 0.25) is 5.28 Å². The average molecular weight is 252 g/mol. The average Bonchev–Trinajstić information content (AvgIpc) is 2.79. The van der Waals surface area contributed by atoms with Gasteiger partial charge in [-0.2, -0.15) is 0 Å². The lowest BCUT2D eigenvalue weighted by atomic mass is 10.4. The van der Waals surface area contributed by atoms with E-state index in [0.717, 1.165) is 0 Å². The smallest absolute Gasteiger partial charge is 0.227 e. The third-order valence-electron chi connectivity index (χ3n) is 2.05. The summed E-state index contributed by atoms with van der Waals surface area (Å²) in [6, 6.07) is 1.58. The predicted octanol–water partition coefficient (Wildman–Crippen LogP) is 1.36. The SMILES string of the molecule is O=C(CCn1ccnc1)Nc1ccnc(Cl)n1. The van der Waals surface area contributed by atoms with Crippen molar-refractivity contribution in [3.8, 4) is 0 Å². The molecular formula is C10H10ClN5O. The van der Waals surface area contributed by atoms with E-state index >= 15 is 0 Å². The third-order valence-corrected chi connectivity index (χ3v) is 2.23. The van der Waals surface area contributed by atoms with Crippen molar-refractivity contribution in [1.29, 1.82) is 0 Å². The molecule has 0 bridgehead atoms. The number of aryl methyl sites for hydroxylation is 1. The molecule has 6 nitrogen and oxygen atoms in total. The van der Waals surface area contributed by atoms with Gasteiger partial charge in [0.15, 0.2) is 0 Å². The summed E-state index contributed by atoms with van der Waals surface area (Å²) >= 11 is 5.60. The molecule has 88 valence electrons. The van der Waals surface area contributed by atoms with E-state index in [1.54, 1.807) is 24.8 Å². The largest absolute Gasteiger partial charge is 0.337 e. The number of amides is 1. The van der Waals surface area contributed by atoms with E-state index in [1.165, 1.54) is 6.20 Å². The number of hydrogen-bond donors (Lipinski definition) is 1. The van der Waals surface area contributed by atoms with Gasteiger partial charge in [-0.25, -0.2) is 15.0 Å². The predicted molar refractivity (Wildman–Crippen MR) is 62.5 cm³/mol. The van der Waals surface area contributed by atoms with Crippen LogP contribution >= 0.6 is 11.6 Å². The van der Waals surface area contributed by atoms with Crippen LogP contribution in [0, 0.1) is 0 Å². The highest BCUT2D eigenvalue weighted by atomic mass is 35.5. The molecule has 0 saturated heterocycles. The monoisotopic (exact) mass is 251 g/mol. The number of halogens is 1. The molecule has 17 heavy (non-hydrogen) atoms. The van der Waals surface area contributed by atoms with E-state index < -0.39 is 0 Å². The van der Waals surface area contributed by atoms with Crippen LogP contribution in [0.3, 0.4) is 0 Å². The van der Waals surface area contributed by atoms with Crippen LogP contribution in [0.15, 0.2) is 31.0 Å². The van der Waals surface area contributed by atoms with Crippen LogP contribution in [-0.2, 0) is 11.3 Å². The number of carbonyl (C=O) groups is 1. The van der Waals surface area contributed by atoms with E-state index in [9.17, 15) is 4.79 Å². The minimum Gasteiger partial charge on any atom is -0.337 e. The van der Waals surface area contributed by atoms with E-state index in [-0.39, 0.29) is 11.2 Å². The third kappa shape index (κ3) is 3.53. The zero-order valence-corrected chi connectivity index (χ0v) is 9.63. The van der Waals surface area contributed by atoms with E-state index in [2.05, 4.69) is 20.3 Å². The fraction of sp³-hybridized carbons (Fsp3) is 0.200. The summed E-state index contributed by atoms with van der Waals surface area (Å²) in [6.07, 6.45) is 6.96. The summed E-state index contributed by atoms with van der Waals surface area (Å²) in [7, 11) is 0. The maximum absolute atomic E-state index is 11.6. The minimum atomic E-state index is -0.131. The highest BCUT2D eigenvalue weighted by Crippen LogP contribution is 2.06.